The van der Waals surface area contributed by atoms with Gasteiger partial charge in [0, 0.05) is 37.6 Å². The summed E-state index contributed by atoms with van der Waals surface area (Å²) in [6.07, 6.45) is 3.78. The van der Waals surface area contributed by atoms with Crippen LogP contribution in [0.25, 0.3) is 0 Å². The Labute approximate surface area is 151 Å². The van der Waals surface area contributed by atoms with E-state index in [2.05, 4.69) is 53.8 Å². The van der Waals surface area contributed by atoms with Crippen molar-refractivity contribution in [3.63, 3.8) is 0 Å². The van der Waals surface area contributed by atoms with Crippen LogP contribution in [0.5, 0.6) is 0 Å². The van der Waals surface area contributed by atoms with E-state index < -0.39 is 0 Å². The highest BCUT2D eigenvalue weighted by Gasteiger charge is 2.20. The molecule has 0 amide bonds. The second-order valence-electron chi connectivity index (χ2n) is 7.15. The van der Waals surface area contributed by atoms with Crippen LogP contribution in [0.15, 0.2) is 22.5 Å². The molecule has 5 heteroatoms. The maximum Gasteiger partial charge on any atom is 0.191 e. The van der Waals surface area contributed by atoms with E-state index in [1.807, 2.05) is 11.3 Å². The molecule has 2 N–H and O–H groups in total. The highest BCUT2D eigenvalue weighted by molar-refractivity contribution is 7.09. The zero-order valence-corrected chi connectivity index (χ0v) is 16.4. The van der Waals surface area contributed by atoms with Crippen molar-refractivity contribution in [2.75, 3.05) is 32.7 Å². The van der Waals surface area contributed by atoms with E-state index in [0.29, 0.717) is 5.92 Å². The van der Waals surface area contributed by atoms with Gasteiger partial charge in [-0.1, -0.05) is 19.9 Å². The zero-order chi connectivity index (χ0) is 17.2. The molecule has 1 fully saturated rings. The van der Waals surface area contributed by atoms with Gasteiger partial charge in [-0.05, 0) is 56.0 Å². The summed E-state index contributed by atoms with van der Waals surface area (Å²) in [6, 6.07) is 4.39. The van der Waals surface area contributed by atoms with E-state index in [4.69, 9.17) is 4.99 Å². The molecule has 24 heavy (non-hydrogen) atoms. The van der Waals surface area contributed by atoms with Gasteiger partial charge in [0.05, 0.1) is 0 Å². The lowest BCUT2D eigenvalue weighted by molar-refractivity contribution is 0.172. The largest absolute Gasteiger partial charge is 0.357 e. The van der Waals surface area contributed by atoms with Crippen LogP contribution in [-0.2, 0) is 6.54 Å². The first kappa shape index (κ1) is 19.3. The fourth-order valence-corrected chi connectivity index (χ4v) is 3.85. The average Bonchev–Trinajstić information content (AvgIpc) is 3.05. The Bertz CT molecular complexity index is 470. The molecule has 1 aromatic rings. The lowest BCUT2D eigenvalue weighted by Gasteiger charge is -2.31. The minimum Gasteiger partial charge on any atom is -0.357 e. The van der Waals surface area contributed by atoms with Crippen molar-refractivity contribution in [3.8, 4) is 0 Å². The van der Waals surface area contributed by atoms with E-state index in [1.54, 1.807) is 0 Å². The third kappa shape index (κ3) is 7.22. The van der Waals surface area contributed by atoms with Crippen molar-refractivity contribution < 1.29 is 0 Å². The lowest BCUT2D eigenvalue weighted by Crippen LogP contribution is -2.40. The summed E-state index contributed by atoms with van der Waals surface area (Å²) >= 11 is 1.86. The van der Waals surface area contributed by atoms with Crippen LogP contribution in [-0.4, -0.2) is 43.6 Å². The Kier molecular flexibility index (Phi) is 8.60. The molecule has 136 valence electrons. The third-order valence-electron chi connectivity index (χ3n) is 4.43. The van der Waals surface area contributed by atoms with Crippen molar-refractivity contribution in [1.82, 2.24) is 15.5 Å². The molecule has 1 atom stereocenters. The Hall–Kier alpha value is -1.07. The number of thiophene rings is 1. The molecule has 0 aromatic carbocycles. The van der Waals surface area contributed by atoms with Gasteiger partial charge in [-0.15, -0.1) is 11.3 Å². The van der Waals surface area contributed by atoms with Gasteiger partial charge in [-0.3, -0.25) is 9.89 Å². The monoisotopic (exact) mass is 350 g/mol. The van der Waals surface area contributed by atoms with Gasteiger partial charge >= 0.3 is 0 Å². The van der Waals surface area contributed by atoms with Crippen molar-refractivity contribution in [2.45, 2.75) is 46.6 Å². The smallest absolute Gasteiger partial charge is 0.191 e. The number of hydrogen-bond acceptors (Lipinski definition) is 3. The number of piperidine rings is 1. The fourth-order valence-electron chi connectivity index (χ4n) is 3.11. The molecule has 1 aliphatic rings. The van der Waals surface area contributed by atoms with Crippen LogP contribution in [0.4, 0.5) is 0 Å². The van der Waals surface area contributed by atoms with E-state index in [-0.39, 0.29) is 0 Å². The molecule has 2 heterocycles. The predicted octanol–water partition coefficient (Wildman–Crippen LogP) is 3.56. The van der Waals surface area contributed by atoms with Crippen LogP contribution in [0, 0.1) is 11.8 Å². The van der Waals surface area contributed by atoms with E-state index in [9.17, 15) is 0 Å². The number of guanidine groups is 1. The molecule has 0 bridgehead atoms. The maximum atomic E-state index is 4.84. The first-order valence-electron chi connectivity index (χ1n) is 9.44. The summed E-state index contributed by atoms with van der Waals surface area (Å²) in [5.74, 6) is 2.39. The van der Waals surface area contributed by atoms with Gasteiger partial charge in [0.25, 0.3) is 0 Å². The molecule has 1 aromatic heterocycles. The van der Waals surface area contributed by atoms with E-state index in [1.165, 1.54) is 37.2 Å². The van der Waals surface area contributed by atoms with Crippen LogP contribution >= 0.6 is 11.3 Å². The number of likely N-dealkylation sites (tertiary alicyclic amines) is 1. The maximum absolute atomic E-state index is 4.84. The Morgan fingerprint density at radius 3 is 3.00 bits per heavy atom. The lowest BCUT2D eigenvalue weighted by atomic mass is 9.98. The topological polar surface area (TPSA) is 39.7 Å². The minimum absolute atomic E-state index is 0.680. The van der Waals surface area contributed by atoms with Crippen LogP contribution < -0.4 is 10.6 Å². The normalized spacial score (nSPS) is 19.7. The van der Waals surface area contributed by atoms with E-state index in [0.717, 1.165) is 38.1 Å². The molecule has 0 spiro atoms. The van der Waals surface area contributed by atoms with Crippen LogP contribution in [0.3, 0.4) is 0 Å². The van der Waals surface area contributed by atoms with Gasteiger partial charge in [0.1, 0.15) is 0 Å². The standard InChI is InChI=1S/C19H34N4S/c1-4-20-19(21-10-9-16(2)3)22-13-17-7-5-11-23(14-17)15-18-8-6-12-24-18/h6,8,12,16-17H,4-5,7,9-11,13-15H2,1-3H3,(H2,20,21,22). The summed E-state index contributed by atoms with van der Waals surface area (Å²) < 4.78 is 0. The number of hydrogen-bond donors (Lipinski definition) is 2. The molecular weight excluding hydrogens is 316 g/mol. The summed E-state index contributed by atoms with van der Waals surface area (Å²) in [7, 11) is 0. The molecule has 0 aliphatic carbocycles. The van der Waals surface area contributed by atoms with Crippen molar-refractivity contribution in [1.29, 1.82) is 0 Å². The quantitative estimate of drug-likeness (QED) is 0.556. The molecular formula is C19H34N4S. The molecule has 1 saturated heterocycles. The Morgan fingerprint density at radius 1 is 1.42 bits per heavy atom. The molecule has 2 rings (SSSR count). The molecule has 0 radical (unpaired) electrons. The van der Waals surface area contributed by atoms with Gasteiger partial charge in [-0.2, -0.15) is 0 Å². The third-order valence-corrected chi connectivity index (χ3v) is 5.29. The molecule has 1 aliphatic heterocycles. The molecule has 1 unspecified atom stereocenters. The summed E-state index contributed by atoms with van der Waals surface area (Å²) in [5, 5.41) is 9.01. The Morgan fingerprint density at radius 2 is 2.29 bits per heavy atom. The number of nitrogens with one attached hydrogen (secondary N) is 2. The average molecular weight is 351 g/mol. The second kappa shape index (κ2) is 10.7. The van der Waals surface area contributed by atoms with Crippen molar-refractivity contribution in [2.24, 2.45) is 16.8 Å². The van der Waals surface area contributed by atoms with Gasteiger partial charge < -0.3 is 10.6 Å². The second-order valence-corrected chi connectivity index (χ2v) is 8.18. The zero-order valence-electron chi connectivity index (χ0n) is 15.6. The highest BCUT2D eigenvalue weighted by atomic mass is 32.1. The van der Waals surface area contributed by atoms with E-state index >= 15 is 0 Å². The number of aliphatic imine (C=N–C) groups is 1. The summed E-state index contributed by atoms with van der Waals surface area (Å²) in [5.41, 5.74) is 0. The van der Waals surface area contributed by atoms with Crippen molar-refractivity contribution in [3.05, 3.63) is 22.4 Å². The van der Waals surface area contributed by atoms with Crippen LogP contribution in [0.2, 0.25) is 0 Å². The predicted molar refractivity (Wildman–Crippen MR) is 106 cm³/mol. The van der Waals surface area contributed by atoms with Gasteiger partial charge in [-0.25, -0.2) is 0 Å². The van der Waals surface area contributed by atoms with Gasteiger partial charge in [0.2, 0.25) is 0 Å². The van der Waals surface area contributed by atoms with Crippen LogP contribution in [0.1, 0.15) is 44.9 Å². The highest BCUT2D eigenvalue weighted by Crippen LogP contribution is 2.20. The first-order valence-corrected chi connectivity index (χ1v) is 10.3. The van der Waals surface area contributed by atoms with Crippen molar-refractivity contribution >= 4 is 17.3 Å². The summed E-state index contributed by atoms with van der Waals surface area (Å²) in [6.45, 7) is 13.0. The van der Waals surface area contributed by atoms with Gasteiger partial charge in [0.15, 0.2) is 5.96 Å². The first-order chi connectivity index (χ1) is 11.7. The molecule has 0 saturated carbocycles. The Balaban J connectivity index is 1.78. The number of nitrogens with zero attached hydrogens (tertiary/aromatic N) is 2. The molecule has 4 nitrogen and oxygen atoms in total. The SMILES string of the molecule is CCNC(=NCC1CCCN(Cc2cccs2)C1)NCCC(C)C. The minimum atomic E-state index is 0.680. The summed E-state index contributed by atoms with van der Waals surface area (Å²) in [4.78, 5) is 8.90. The fraction of sp³-hybridized carbons (Fsp3) is 0.737. The number of rotatable bonds is 8.